The summed E-state index contributed by atoms with van der Waals surface area (Å²) in [6.45, 7) is 0.589. The van der Waals surface area contributed by atoms with Gasteiger partial charge in [-0.25, -0.2) is 10.5 Å². The third-order valence-corrected chi connectivity index (χ3v) is 1.98. The Bertz CT molecular complexity index is 311. The highest BCUT2D eigenvalue weighted by atomic mass is 16.7. The second-order valence-corrected chi connectivity index (χ2v) is 3.28. The van der Waals surface area contributed by atoms with E-state index in [1.165, 1.54) is 31.4 Å². The summed E-state index contributed by atoms with van der Waals surface area (Å²) in [5.74, 6) is 0.274. The van der Waals surface area contributed by atoms with Gasteiger partial charge in [-0.15, -0.1) is 0 Å². The third-order valence-electron chi connectivity index (χ3n) is 1.98. The van der Waals surface area contributed by atoms with Crippen LogP contribution in [-0.2, 0) is 4.84 Å². The van der Waals surface area contributed by atoms with Crippen LogP contribution in [0.25, 0.3) is 0 Å². The topological polar surface area (TPSA) is 64.1 Å². The van der Waals surface area contributed by atoms with Gasteiger partial charge in [-0.2, -0.15) is 0 Å². The predicted molar refractivity (Wildman–Crippen MR) is 48.2 cm³/mol. The number of hydrogen-bond donors (Lipinski definition) is 1. The normalized spacial score (nSPS) is 15.1. The average Bonchev–Trinajstić information content (AvgIpc) is 3.03. The quantitative estimate of drug-likeness (QED) is 0.709. The van der Waals surface area contributed by atoms with E-state index in [0.717, 1.165) is 0 Å². The maximum Gasteiger partial charge on any atom is 0.295 e. The molecule has 1 fully saturated rings. The lowest BCUT2D eigenvalue weighted by Crippen LogP contribution is -2.25. The summed E-state index contributed by atoms with van der Waals surface area (Å²) in [7, 11) is 0. The van der Waals surface area contributed by atoms with E-state index in [0.29, 0.717) is 12.5 Å². The Morgan fingerprint density at radius 1 is 1.57 bits per heavy atom. The Morgan fingerprint density at radius 2 is 2.43 bits per heavy atom. The summed E-state index contributed by atoms with van der Waals surface area (Å²) < 4.78 is 0. The highest BCUT2D eigenvalue weighted by molar-refractivity contribution is 5.90. The summed E-state index contributed by atoms with van der Waals surface area (Å²) in [5, 5.41) is 0. The molecule has 1 aromatic heterocycles. The highest BCUT2D eigenvalue weighted by Crippen LogP contribution is 2.28. The molecule has 0 aromatic carbocycles. The molecule has 14 heavy (non-hydrogen) atoms. The van der Waals surface area contributed by atoms with Crippen LogP contribution in [0.2, 0.25) is 0 Å². The zero-order valence-electron chi connectivity index (χ0n) is 7.64. The lowest BCUT2D eigenvalue weighted by Gasteiger charge is -2.03. The van der Waals surface area contributed by atoms with Crippen LogP contribution in [0.15, 0.2) is 18.6 Å². The lowest BCUT2D eigenvalue weighted by molar-refractivity contribution is 0.0265. The van der Waals surface area contributed by atoms with E-state index in [2.05, 4.69) is 15.4 Å². The first-order chi connectivity index (χ1) is 6.86. The smallest absolute Gasteiger partial charge is 0.273 e. The third kappa shape index (κ3) is 2.50. The molecule has 1 aliphatic carbocycles. The minimum Gasteiger partial charge on any atom is -0.273 e. The number of aromatic nitrogens is 2. The number of nitrogens with one attached hydrogen (secondary N) is 1. The predicted octanol–water partition coefficient (Wildman–Crippen LogP) is 0.548. The van der Waals surface area contributed by atoms with Crippen molar-refractivity contribution in [1.82, 2.24) is 15.4 Å². The van der Waals surface area contributed by atoms with Gasteiger partial charge in [0, 0.05) is 12.4 Å². The van der Waals surface area contributed by atoms with Crippen molar-refractivity contribution < 1.29 is 9.63 Å². The summed E-state index contributed by atoms with van der Waals surface area (Å²) in [4.78, 5) is 23.9. The van der Waals surface area contributed by atoms with Crippen LogP contribution >= 0.6 is 0 Å². The van der Waals surface area contributed by atoms with Gasteiger partial charge < -0.3 is 0 Å². The number of rotatable bonds is 4. The van der Waals surface area contributed by atoms with Crippen molar-refractivity contribution in [3.63, 3.8) is 0 Å². The van der Waals surface area contributed by atoms with E-state index in [-0.39, 0.29) is 11.6 Å². The summed E-state index contributed by atoms with van der Waals surface area (Å²) >= 11 is 0. The fraction of sp³-hybridized carbons (Fsp3) is 0.444. The van der Waals surface area contributed by atoms with Gasteiger partial charge >= 0.3 is 0 Å². The second kappa shape index (κ2) is 4.15. The number of hydrogen-bond acceptors (Lipinski definition) is 4. The molecule has 1 aliphatic rings. The first kappa shape index (κ1) is 9.08. The van der Waals surface area contributed by atoms with Crippen LogP contribution in [-0.4, -0.2) is 22.5 Å². The fourth-order valence-electron chi connectivity index (χ4n) is 0.978. The fourth-order valence-corrected chi connectivity index (χ4v) is 0.978. The number of amides is 1. The van der Waals surface area contributed by atoms with E-state index in [9.17, 15) is 4.79 Å². The molecule has 1 N–H and O–H groups in total. The van der Waals surface area contributed by atoms with Gasteiger partial charge in [-0.05, 0) is 18.8 Å². The molecule has 0 bridgehead atoms. The van der Waals surface area contributed by atoms with Gasteiger partial charge in [-0.3, -0.25) is 14.6 Å². The molecule has 5 heteroatoms. The Balaban J connectivity index is 1.77. The molecule has 1 heterocycles. The van der Waals surface area contributed by atoms with Crippen LogP contribution in [0.4, 0.5) is 0 Å². The second-order valence-electron chi connectivity index (χ2n) is 3.28. The van der Waals surface area contributed by atoms with Gasteiger partial charge in [0.1, 0.15) is 5.69 Å². The molecule has 74 valence electrons. The maximum atomic E-state index is 11.3. The van der Waals surface area contributed by atoms with E-state index < -0.39 is 0 Å². The Morgan fingerprint density at radius 3 is 3.07 bits per heavy atom. The summed E-state index contributed by atoms with van der Waals surface area (Å²) in [5.41, 5.74) is 2.60. The number of carbonyl (C=O) groups excluding carboxylic acids is 1. The molecule has 0 spiro atoms. The van der Waals surface area contributed by atoms with Crippen molar-refractivity contribution in [3.8, 4) is 0 Å². The highest BCUT2D eigenvalue weighted by Gasteiger charge is 2.21. The van der Waals surface area contributed by atoms with E-state index in [1.54, 1.807) is 0 Å². The van der Waals surface area contributed by atoms with Crippen LogP contribution < -0.4 is 5.48 Å². The SMILES string of the molecule is O=C(NOCC1CC1)c1cnccn1. The molecule has 2 rings (SSSR count). The zero-order valence-corrected chi connectivity index (χ0v) is 7.64. The minimum atomic E-state index is -0.348. The van der Waals surface area contributed by atoms with Crippen molar-refractivity contribution in [2.24, 2.45) is 5.92 Å². The molecular formula is C9H11N3O2. The van der Waals surface area contributed by atoms with Crippen molar-refractivity contribution in [1.29, 1.82) is 0 Å². The number of nitrogens with zero attached hydrogens (tertiary/aromatic N) is 2. The molecule has 0 unspecified atom stereocenters. The molecule has 0 aliphatic heterocycles. The molecule has 0 atom stereocenters. The Kier molecular flexibility index (Phi) is 2.69. The van der Waals surface area contributed by atoms with Crippen molar-refractivity contribution >= 4 is 5.91 Å². The first-order valence-electron chi connectivity index (χ1n) is 4.54. The molecule has 0 radical (unpaired) electrons. The molecule has 1 aromatic rings. The van der Waals surface area contributed by atoms with E-state index in [4.69, 9.17) is 4.84 Å². The van der Waals surface area contributed by atoms with E-state index in [1.807, 2.05) is 0 Å². The van der Waals surface area contributed by atoms with Gasteiger partial charge in [0.15, 0.2) is 0 Å². The zero-order chi connectivity index (χ0) is 9.80. The van der Waals surface area contributed by atoms with Gasteiger partial charge in [-0.1, -0.05) is 0 Å². The Hall–Kier alpha value is -1.49. The van der Waals surface area contributed by atoms with E-state index >= 15 is 0 Å². The van der Waals surface area contributed by atoms with Crippen molar-refractivity contribution in [2.75, 3.05) is 6.61 Å². The first-order valence-corrected chi connectivity index (χ1v) is 4.54. The summed E-state index contributed by atoms with van der Waals surface area (Å²) in [6, 6.07) is 0. The maximum absolute atomic E-state index is 11.3. The van der Waals surface area contributed by atoms with Gasteiger partial charge in [0.25, 0.3) is 5.91 Å². The standard InChI is InChI=1S/C9H11N3O2/c13-9(8-5-10-3-4-11-8)12-14-6-7-1-2-7/h3-5,7H,1-2,6H2,(H,12,13). The van der Waals surface area contributed by atoms with Crippen molar-refractivity contribution in [2.45, 2.75) is 12.8 Å². The van der Waals surface area contributed by atoms with Crippen molar-refractivity contribution in [3.05, 3.63) is 24.3 Å². The van der Waals surface area contributed by atoms with Crippen LogP contribution in [0, 0.1) is 5.92 Å². The molecule has 5 nitrogen and oxygen atoms in total. The van der Waals surface area contributed by atoms with Crippen LogP contribution in [0.5, 0.6) is 0 Å². The Labute approximate surface area is 81.5 Å². The minimum absolute atomic E-state index is 0.267. The summed E-state index contributed by atoms with van der Waals surface area (Å²) in [6.07, 6.45) is 6.77. The monoisotopic (exact) mass is 193 g/mol. The average molecular weight is 193 g/mol. The molecular weight excluding hydrogens is 182 g/mol. The lowest BCUT2D eigenvalue weighted by atomic mass is 10.4. The molecule has 1 saturated carbocycles. The van der Waals surface area contributed by atoms with Gasteiger partial charge in [0.05, 0.1) is 12.8 Å². The largest absolute Gasteiger partial charge is 0.295 e. The molecule has 0 saturated heterocycles. The van der Waals surface area contributed by atoms with Crippen LogP contribution in [0.1, 0.15) is 23.3 Å². The molecule has 1 amide bonds. The number of hydroxylamine groups is 1. The van der Waals surface area contributed by atoms with Crippen LogP contribution in [0.3, 0.4) is 0 Å². The van der Waals surface area contributed by atoms with Gasteiger partial charge in [0.2, 0.25) is 0 Å². The number of carbonyl (C=O) groups is 1.